The molecule has 0 heterocycles. The fourth-order valence-electron chi connectivity index (χ4n) is 2.20. The van der Waals surface area contributed by atoms with Crippen molar-refractivity contribution in [2.45, 2.75) is 46.0 Å². The zero-order valence-corrected chi connectivity index (χ0v) is 12.2. The molecule has 1 aromatic carbocycles. The molecule has 0 aliphatic heterocycles. The Morgan fingerprint density at radius 2 is 1.68 bits per heavy atom. The van der Waals surface area contributed by atoms with Crippen molar-refractivity contribution in [3.05, 3.63) is 35.6 Å². The van der Waals surface area contributed by atoms with E-state index in [1.165, 1.54) is 12.1 Å². The van der Waals surface area contributed by atoms with Crippen LogP contribution >= 0.6 is 0 Å². The molecule has 0 saturated carbocycles. The van der Waals surface area contributed by atoms with Gasteiger partial charge >= 0.3 is 0 Å². The SMILES string of the molecule is CCCN(CCC)C(=O)CC(C)c1ccc(F)cc1. The molecule has 3 heteroatoms. The molecule has 1 amide bonds. The molecule has 0 aromatic heterocycles. The topological polar surface area (TPSA) is 20.3 Å². The molecule has 1 rings (SSSR count). The highest BCUT2D eigenvalue weighted by Gasteiger charge is 2.16. The molecular weight excluding hydrogens is 241 g/mol. The van der Waals surface area contributed by atoms with Gasteiger partial charge in [-0.05, 0) is 36.5 Å². The maximum Gasteiger partial charge on any atom is 0.223 e. The summed E-state index contributed by atoms with van der Waals surface area (Å²) in [7, 11) is 0. The van der Waals surface area contributed by atoms with Crippen LogP contribution in [0.15, 0.2) is 24.3 Å². The molecule has 0 bridgehead atoms. The summed E-state index contributed by atoms with van der Waals surface area (Å²) in [5, 5.41) is 0. The number of rotatable bonds is 7. The Hall–Kier alpha value is -1.38. The number of carbonyl (C=O) groups is 1. The molecule has 0 spiro atoms. The highest BCUT2D eigenvalue weighted by atomic mass is 19.1. The second-order valence-corrected chi connectivity index (χ2v) is 5.04. The summed E-state index contributed by atoms with van der Waals surface area (Å²) in [6.45, 7) is 7.82. The van der Waals surface area contributed by atoms with Gasteiger partial charge in [0.1, 0.15) is 5.82 Å². The normalized spacial score (nSPS) is 12.2. The van der Waals surface area contributed by atoms with Crippen LogP contribution < -0.4 is 0 Å². The fourth-order valence-corrected chi connectivity index (χ4v) is 2.20. The van der Waals surface area contributed by atoms with E-state index in [-0.39, 0.29) is 17.6 Å². The van der Waals surface area contributed by atoms with Gasteiger partial charge in [0.2, 0.25) is 5.91 Å². The highest BCUT2D eigenvalue weighted by molar-refractivity contribution is 5.77. The molecule has 2 nitrogen and oxygen atoms in total. The van der Waals surface area contributed by atoms with Gasteiger partial charge in [0.25, 0.3) is 0 Å². The van der Waals surface area contributed by atoms with Crippen molar-refractivity contribution in [1.82, 2.24) is 4.90 Å². The maximum absolute atomic E-state index is 12.9. The summed E-state index contributed by atoms with van der Waals surface area (Å²) in [6, 6.07) is 6.42. The van der Waals surface area contributed by atoms with E-state index in [4.69, 9.17) is 0 Å². The maximum atomic E-state index is 12.9. The molecule has 0 N–H and O–H groups in total. The molecule has 1 atom stereocenters. The Morgan fingerprint density at radius 3 is 2.16 bits per heavy atom. The van der Waals surface area contributed by atoms with Crippen LogP contribution in [0.5, 0.6) is 0 Å². The van der Waals surface area contributed by atoms with E-state index >= 15 is 0 Å². The van der Waals surface area contributed by atoms with Gasteiger partial charge in [-0.3, -0.25) is 4.79 Å². The molecule has 0 fully saturated rings. The van der Waals surface area contributed by atoms with Crippen molar-refractivity contribution < 1.29 is 9.18 Å². The molecular formula is C16H24FNO. The first-order valence-electron chi connectivity index (χ1n) is 7.11. The predicted octanol–water partition coefficient (Wildman–Crippen LogP) is 3.97. The van der Waals surface area contributed by atoms with E-state index in [2.05, 4.69) is 13.8 Å². The first-order valence-corrected chi connectivity index (χ1v) is 7.11. The number of hydrogen-bond donors (Lipinski definition) is 0. The van der Waals surface area contributed by atoms with E-state index in [9.17, 15) is 9.18 Å². The molecule has 0 aliphatic carbocycles. The van der Waals surface area contributed by atoms with E-state index in [1.54, 1.807) is 12.1 Å². The van der Waals surface area contributed by atoms with Crippen molar-refractivity contribution in [2.75, 3.05) is 13.1 Å². The smallest absolute Gasteiger partial charge is 0.223 e. The van der Waals surface area contributed by atoms with Crippen molar-refractivity contribution >= 4 is 5.91 Å². The average molecular weight is 265 g/mol. The number of halogens is 1. The summed E-state index contributed by atoms with van der Waals surface area (Å²) in [5.74, 6) is 0.0886. The lowest BCUT2D eigenvalue weighted by molar-refractivity contribution is -0.131. The molecule has 1 unspecified atom stereocenters. The van der Waals surface area contributed by atoms with Crippen LogP contribution in [-0.4, -0.2) is 23.9 Å². The van der Waals surface area contributed by atoms with Gasteiger partial charge in [-0.15, -0.1) is 0 Å². The Bertz CT molecular complexity index is 382. The summed E-state index contributed by atoms with van der Waals surface area (Å²) in [6.07, 6.45) is 2.46. The molecule has 0 radical (unpaired) electrons. The van der Waals surface area contributed by atoms with E-state index < -0.39 is 0 Å². The summed E-state index contributed by atoms with van der Waals surface area (Å²) >= 11 is 0. The van der Waals surface area contributed by atoms with Crippen molar-refractivity contribution in [1.29, 1.82) is 0 Å². The van der Waals surface area contributed by atoms with E-state index in [0.717, 1.165) is 31.5 Å². The average Bonchev–Trinajstić information content (AvgIpc) is 2.39. The Kier molecular flexibility index (Phi) is 6.54. The summed E-state index contributed by atoms with van der Waals surface area (Å²) in [4.78, 5) is 14.2. The van der Waals surface area contributed by atoms with Gasteiger partial charge in [0, 0.05) is 19.5 Å². The lowest BCUT2D eigenvalue weighted by Gasteiger charge is -2.23. The van der Waals surface area contributed by atoms with Crippen LogP contribution in [0, 0.1) is 5.82 Å². The van der Waals surface area contributed by atoms with Gasteiger partial charge < -0.3 is 4.90 Å². The second-order valence-electron chi connectivity index (χ2n) is 5.04. The first-order chi connectivity index (χ1) is 9.08. The van der Waals surface area contributed by atoms with E-state index in [0.29, 0.717) is 6.42 Å². The number of benzene rings is 1. The minimum absolute atomic E-state index is 0.129. The third-order valence-corrected chi connectivity index (χ3v) is 3.26. The number of carbonyl (C=O) groups excluding carboxylic acids is 1. The van der Waals surface area contributed by atoms with Crippen LogP contribution in [-0.2, 0) is 4.79 Å². The Balaban J connectivity index is 2.61. The minimum atomic E-state index is -0.235. The zero-order chi connectivity index (χ0) is 14.3. The van der Waals surface area contributed by atoms with Crippen LogP contribution in [0.25, 0.3) is 0 Å². The third-order valence-electron chi connectivity index (χ3n) is 3.26. The van der Waals surface area contributed by atoms with Gasteiger partial charge in [0.15, 0.2) is 0 Å². The molecule has 0 saturated heterocycles. The minimum Gasteiger partial charge on any atom is -0.343 e. The lowest BCUT2D eigenvalue weighted by Crippen LogP contribution is -2.33. The lowest BCUT2D eigenvalue weighted by atomic mass is 9.97. The molecule has 106 valence electrons. The molecule has 1 aromatic rings. The predicted molar refractivity (Wildman–Crippen MR) is 76.6 cm³/mol. The number of amides is 1. The summed E-state index contributed by atoms with van der Waals surface area (Å²) < 4.78 is 12.9. The molecule has 0 aliphatic rings. The van der Waals surface area contributed by atoms with Crippen molar-refractivity contribution in [2.24, 2.45) is 0 Å². The summed E-state index contributed by atoms with van der Waals surface area (Å²) in [5.41, 5.74) is 1.02. The second kappa shape index (κ2) is 7.93. The van der Waals surface area contributed by atoms with Gasteiger partial charge in [0.05, 0.1) is 0 Å². The van der Waals surface area contributed by atoms with Crippen LogP contribution in [0.1, 0.15) is 51.5 Å². The first kappa shape index (κ1) is 15.7. The molecule has 19 heavy (non-hydrogen) atoms. The monoisotopic (exact) mass is 265 g/mol. The fraction of sp³-hybridized carbons (Fsp3) is 0.562. The standard InChI is InChI=1S/C16H24FNO/c1-4-10-18(11-5-2)16(19)12-13(3)14-6-8-15(17)9-7-14/h6-9,13H,4-5,10-12H2,1-3H3. The van der Waals surface area contributed by atoms with Crippen LogP contribution in [0.4, 0.5) is 4.39 Å². The Labute approximate surface area is 115 Å². The van der Waals surface area contributed by atoms with Crippen molar-refractivity contribution in [3.63, 3.8) is 0 Å². The van der Waals surface area contributed by atoms with Crippen LogP contribution in [0.2, 0.25) is 0 Å². The number of nitrogens with zero attached hydrogens (tertiary/aromatic N) is 1. The zero-order valence-electron chi connectivity index (χ0n) is 12.2. The van der Waals surface area contributed by atoms with Gasteiger partial charge in [-0.1, -0.05) is 32.9 Å². The highest BCUT2D eigenvalue weighted by Crippen LogP contribution is 2.20. The van der Waals surface area contributed by atoms with Crippen molar-refractivity contribution in [3.8, 4) is 0 Å². The largest absolute Gasteiger partial charge is 0.343 e. The Morgan fingerprint density at radius 1 is 1.16 bits per heavy atom. The quantitative estimate of drug-likeness (QED) is 0.730. The van der Waals surface area contributed by atoms with Crippen LogP contribution in [0.3, 0.4) is 0 Å². The van der Waals surface area contributed by atoms with E-state index in [1.807, 2.05) is 11.8 Å². The third kappa shape index (κ3) is 5.01. The van der Waals surface area contributed by atoms with Gasteiger partial charge in [-0.25, -0.2) is 4.39 Å². The number of hydrogen-bond acceptors (Lipinski definition) is 1. The van der Waals surface area contributed by atoms with Gasteiger partial charge in [-0.2, -0.15) is 0 Å².